The third kappa shape index (κ3) is 3.08. The number of aryl methyl sites for hydroxylation is 1. The Hall–Kier alpha value is -2.90. The molecule has 2 N–H and O–H groups in total. The number of carbonyl (C=O) groups is 2. The van der Waals surface area contributed by atoms with Crippen molar-refractivity contribution in [1.82, 2.24) is 20.0 Å². The highest BCUT2D eigenvalue weighted by Gasteiger charge is 2.28. The molecule has 7 nitrogen and oxygen atoms in total. The SMILES string of the molecule is Cn1nc(C(=O)O)c2c1CN(C(=O)NCc1ccc(F)cc1)CC2. The second-order valence-corrected chi connectivity index (χ2v) is 5.66. The lowest BCUT2D eigenvalue weighted by Gasteiger charge is -2.27. The largest absolute Gasteiger partial charge is 0.476 e. The van der Waals surface area contributed by atoms with Gasteiger partial charge in [-0.25, -0.2) is 14.0 Å². The normalized spacial score (nSPS) is 13.5. The summed E-state index contributed by atoms with van der Waals surface area (Å²) < 4.78 is 14.4. The van der Waals surface area contributed by atoms with Crippen LogP contribution in [0.3, 0.4) is 0 Å². The molecule has 3 rings (SSSR count). The number of aromatic nitrogens is 2. The van der Waals surface area contributed by atoms with Gasteiger partial charge < -0.3 is 15.3 Å². The number of halogens is 1. The van der Waals surface area contributed by atoms with Crippen molar-refractivity contribution in [2.24, 2.45) is 7.05 Å². The molecule has 1 aromatic carbocycles. The summed E-state index contributed by atoms with van der Waals surface area (Å²) in [5.74, 6) is -1.37. The molecule has 2 aromatic rings. The summed E-state index contributed by atoms with van der Waals surface area (Å²) in [6.07, 6.45) is 0.453. The van der Waals surface area contributed by atoms with Gasteiger partial charge in [-0.3, -0.25) is 4.68 Å². The average Bonchev–Trinajstić information content (AvgIpc) is 2.91. The van der Waals surface area contributed by atoms with Crippen molar-refractivity contribution in [1.29, 1.82) is 0 Å². The lowest BCUT2D eigenvalue weighted by molar-refractivity contribution is 0.0688. The Labute approximate surface area is 137 Å². The third-order valence-electron chi connectivity index (χ3n) is 4.09. The van der Waals surface area contributed by atoms with E-state index in [9.17, 15) is 14.0 Å². The highest BCUT2D eigenvalue weighted by Crippen LogP contribution is 2.22. The van der Waals surface area contributed by atoms with E-state index in [0.29, 0.717) is 31.6 Å². The zero-order valence-corrected chi connectivity index (χ0v) is 13.1. The fourth-order valence-corrected chi connectivity index (χ4v) is 2.81. The summed E-state index contributed by atoms with van der Waals surface area (Å²) >= 11 is 0. The maximum atomic E-state index is 12.9. The van der Waals surface area contributed by atoms with Crippen LogP contribution in [0.5, 0.6) is 0 Å². The van der Waals surface area contributed by atoms with Crippen LogP contribution in [0.25, 0.3) is 0 Å². The van der Waals surface area contributed by atoms with E-state index in [2.05, 4.69) is 10.4 Å². The molecule has 0 saturated carbocycles. The van der Waals surface area contributed by atoms with E-state index in [4.69, 9.17) is 5.11 Å². The lowest BCUT2D eigenvalue weighted by Crippen LogP contribution is -2.42. The van der Waals surface area contributed by atoms with E-state index < -0.39 is 5.97 Å². The molecule has 0 fully saturated rings. The minimum Gasteiger partial charge on any atom is -0.476 e. The number of carboxylic acid groups (broad SMARTS) is 1. The van der Waals surface area contributed by atoms with Crippen molar-refractivity contribution in [3.05, 3.63) is 52.6 Å². The average molecular weight is 332 g/mol. The van der Waals surface area contributed by atoms with Crippen LogP contribution < -0.4 is 5.32 Å². The van der Waals surface area contributed by atoms with Crippen molar-refractivity contribution in [2.45, 2.75) is 19.5 Å². The van der Waals surface area contributed by atoms with Gasteiger partial charge >= 0.3 is 12.0 Å². The zero-order valence-electron chi connectivity index (χ0n) is 13.1. The number of benzene rings is 1. The number of carboxylic acids is 1. The summed E-state index contributed by atoms with van der Waals surface area (Å²) in [5, 5.41) is 16.0. The number of fused-ring (bicyclic) bond motifs is 1. The van der Waals surface area contributed by atoms with Crippen molar-refractivity contribution in [3.8, 4) is 0 Å². The first-order valence-corrected chi connectivity index (χ1v) is 7.51. The predicted molar refractivity (Wildman–Crippen MR) is 82.9 cm³/mol. The summed E-state index contributed by atoms with van der Waals surface area (Å²) in [4.78, 5) is 25.1. The maximum Gasteiger partial charge on any atom is 0.356 e. The topological polar surface area (TPSA) is 87.5 Å². The van der Waals surface area contributed by atoms with E-state index in [0.717, 1.165) is 11.3 Å². The van der Waals surface area contributed by atoms with E-state index in [1.165, 1.54) is 16.8 Å². The van der Waals surface area contributed by atoms with Gasteiger partial charge in [-0.15, -0.1) is 0 Å². The van der Waals surface area contributed by atoms with Crippen LogP contribution in [0.2, 0.25) is 0 Å². The van der Waals surface area contributed by atoms with Crippen molar-refractivity contribution >= 4 is 12.0 Å². The Kier molecular flexibility index (Phi) is 4.20. The van der Waals surface area contributed by atoms with Gasteiger partial charge in [-0.05, 0) is 24.1 Å². The third-order valence-corrected chi connectivity index (χ3v) is 4.09. The van der Waals surface area contributed by atoms with Crippen molar-refractivity contribution in [3.63, 3.8) is 0 Å². The Balaban J connectivity index is 1.65. The number of urea groups is 1. The Morgan fingerprint density at radius 2 is 2.04 bits per heavy atom. The smallest absolute Gasteiger partial charge is 0.356 e. The number of aromatic carboxylic acids is 1. The first kappa shape index (κ1) is 16.0. The van der Waals surface area contributed by atoms with Crippen molar-refractivity contribution in [2.75, 3.05) is 6.54 Å². The van der Waals surface area contributed by atoms with Crippen molar-refractivity contribution < 1.29 is 19.1 Å². The molecule has 0 spiro atoms. The molecule has 0 unspecified atom stereocenters. The summed E-state index contributed by atoms with van der Waals surface area (Å²) in [5.41, 5.74) is 2.28. The Morgan fingerprint density at radius 1 is 1.33 bits per heavy atom. The minimum absolute atomic E-state index is 0.0545. The second-order valence-electron chi connectivity index (χ2n) is 5.66. The van der Waals surface area contributed by atoms with Gasteiger partial charge in [0.2, 0.25) is 0 Å². The fourth-order valence-electron chi connectivity index (χ4n) is 2.81. The van der Waals surface area contributed by atoms with Crippen LogP contribution in [-0.4, -0.2) is 38.3 Å². The Morgan fingerprint density at radius 3 is 2.71 bits per heavy atom. The number of carbonyl (C=O) groups excluding carboxylic acids is 1. The fraction of sp³-hybridized carbons (Fsp3) is 0.312. The van der Waals surface area contributed by atoms with Crippen LogP contribution in [0.4, 0.5) is 9.18 Å². The first-order valence-electron chi connectivity index (χ1n) is 7.51. The summed E-state index contributed by atoms with van der Waals surface area (Å²) in [6, 6.07) is 5.67. The molecule has 1 aliphatic heterocycles. The van der Waals surface area contributed by atoms with E-state index in [1.54, 1.807) is 24.1 Å². The standard InChI is InChI=1S/C16H17FN4O3/c1-20-13-9-21(7-6-12(13)14(19-20)15(22)23)16(24)18-8-10-2-4-11(17)5-3-10/h2-5H,6-9H2,1H3,(H,18,24)(H,22,23). The number of nitrogens with one attached hydrogen (secondary N) is 1. The van der Waals surface area contributed by atoms with E-state index >= 15 is 0 Å². The van der Waals surface area contributed by atoms with Gasteiger partial charge in [-0.2, -0.15) is 5.10 Å². The van der Waals surface area contributed by atoms with Crippen LogP contribution in [-0.2, 0) is 26.6 Å². The van der Waals surface area contributed by atoms with Gasteiger partial charge in [0.05, 0.1) is 12.2 Å². The van der Waals surface area contributed by atoms with Crippen LogP contribution >= 0.6 is 0 Å². The molecule has 24 heavy (non-hydrogen) atoms. The number of amides is 2. The maximum absolute atomic E-state index is 12.9. The molecule has 0 atom stereocenters. The van der Waals surface area contributed by atoms with Gasteiger partial charge in [0.25, 0.3) is 0 Å². The molecule has 1 aromatic heterocycles. The molecular weight excluding hydrogens is 315 g/mol. The molecule has 2 heterocycles. The lowest BCUT2D eigenvalue weighted by atomic mass is 10.0. The van der Waals surface area contributed by atoms with Gasteiger partial charge in [0.1, 0.15) is 5.82 Å². The quantitative estimate of drug-likeness (QED) is 0.892. The molecule has 0 aliphatic carbocycles. The number of hydrogen-bond acceptors (Lipinski definition) is 3. The molecule has 0 bridgehead atoms. The van der Waals surface area contributed by atoms with E-state index in [-0.39, 0.29) is 17.5 Å². The first-order chi connectivity index (χ1) is 11.5. The number of rotatable bonds is 3. The number of hydrogen-bond donors (Lipinski definition) is 2. The molecular formula is C16H17FN4O3. The molecule has 126 valence electrons. The monoisotopic (exact) mass is 332 g/mol. The molecule has 0 saturated heterocycles. The molecule has 2 amide bonds. The van der Waals surface area contributed by atoms with Crippen LogP contribution in [0.1, 0.15) is 27.3 Å². The second kappa shape index (κ2) is 6.31. The molecule has 8 heteroatoms. The zero-order chi connectivity index (χ0) is 17.3. The van der Waals surface area contributed by atoms with Gasteiger partial charge in [-0.1, -0.05) is 12.1 Å². The van der Waals surface area contributed by atoms with Crippen LogP contribution in [0, 0.1) is 5.82 Å². The highest BCUT2D eigenvalue weighted by atomic mass is 19.1. The minimum atomic E-state index is -1.05. The molecule has 0 radical (unpaired) electrons. The van der Waals surface area contributed by atoms with Gasteiger partial charge in [0, 0.05) is 25.7 Å². The highest BCUT2D eigenvalue weighted by molar-refractivity contribution is 5.87. The summed E-state index contributed by atoms with van der Waals surface area (Å²) in [7, 11) is 1.67. The Bertz CT molecular complexity index is 785. The number of nitrogens with zero attached hydrogens (tertiary/aromatic N) is 3. The summed E-state index contributed by atoms with van der Waals surface area (Å²) in [6.45, 7) is 1.03. The van der Waals surface area contributed by atoms with Crippen LogP contribution in [0.15, 0.2) is 24.3 Å². The predicted octanol–water partition coefficient (Wildman–Crippen LogP) is 1.53. The van der Waals surface area contributed by atoms with Gasteiger partial charge in [0.15, 0.2) is 5.69 Å². The van der Waals surface area contributed by atoms with E-state index in [1.807, 2.05) is 0 Å². The molecule has 1 aliphatic rings.